The molecule has 0 saturated carbocycles. The first-order valence-electron chi connectivity index (χ1n) is 6.23. The molecule has 0 bridgehead atoms. The van der Waals surface area contributed by atoms with E-state index < -0.39 is 20.9 Å². The van der Waals surface area contributed by atoms with Gasteiger partial charge in [-0.15, -0.1) is 4.83 Å². The fourth-order valence-electron chi connectivity index (χ4n) is 1.69. The van der Waals surface area contributed by atoms with E-state index in [4.69, 9.17) is 23.2 Å². The number of hydrazine groups is 1. The molecule has 0 aliphatic heterocycles. The number of amides is 1. The topological polar surface area (TPSA) is 118 Å². The smallest absolute Gasteiger partial charge is 0.270 e. The molecule has 0 spiro atoms. The maximum atomic E-state index is 12.1. The first-order valence-corrected chi connectivity index (χ1v) is 8.47. The lowest BCUT2D eigenvalue weighted by atomic mass is 10.2. The Morgan fingerprint density at radius 3 is 2.46 bits per heavy atom. The third-order valence-corrected chi connectivity index (χ3v) is 5.04. The lowest BCUT2D eigenvalue weighted by molar-refractivity contribution is -0.384. The summed E-state index contributed by atoms with van der Waals surface area (Å²) in [4.78, 5) is 23.5. The van der Waals surface area contributed by atoms with Crippen LogP contribution in [0.15, 0.2) is 47.4 Å². The summed E-state index contributed by atoms with van der Waals surface area (Å²) in [6.07, 6.45) is 0. The van der Waals surface area contributed by atoms with Crippen LogP contribution >= 0.6 is 23.2 Å². The van der Waals surface area contributed by atoms with Crippen LogP contribution in [0.25, 0.3) is 0 Å². The fourth-order valence-corrected chi connectivity index (χ4v) is 3.29. The number of rotatable bonds is 5. The van der Waals surface area contributed by atoms with Gasteiger partial charge < -0.3 is 0 Å². The van der Waals surface area contributed by atoms with Crippen molar-refractivity contribution in [2.45, 2.75) is 4.90 Å². The summed E-state index contributed by atoms with van der Waals surface area (Å²) in [5.41, 5.74) is 1.55. The number of halogens is 2. The van der Waals surface area contributed by atoms with Crippen LogP contribution in [0.3, 0.4) is 0 Å². The molecule has 0 radical (unpaired) electrons. The Morgan fingerprint density at radius 2 is 1.79 bits per heavy atom. The van der Waals surface area contributed by atoms with Crippen LogP contribution in [-0.2, 0) is 10.0 Å². The third kappa shape index (κ3) is 4.01. The Hall–Kier alpha value is -2.20. The van der Waals surface area contributed by atoms with E-state index in [1.54, 1.807) is 0 Å². The van der Waals surface area contributed by atoms with Crippen molar-refractivity contribution in [2.75, 3.05) is 0 Å². The predicted octanol–water partition coefficient (Wildman–Crippen LogP) is 2.52. The molecule has 1 amide bonds. The number of nitrogens with one attached hydrogen (secondary N) is 2. The lowest BCUT2D eigenvalue weighted by Crippen LogP contribution is -2.41. The normalized spacial score (nSPS) is 11.1. The molecule has 0 fully saturated rings. The van der Waals surface area contributed by atoms with E-state index in [1.165, 1.54) is 36.4 Å². The molecule has 0 unspecified atom stereocenters. The molecule has 24 heavy (non-hydrogen) atoms. The number of non-ortho nitro benzene ring substituents is 1. The van der Waals surface area contributed by atoms with Crippen LogP contribution in [0.2, 0.25) is 10.0 Å². The lowest BCUT2D eigenvalue weighted by Gasteiger charge is -2.10. The van der Waals surface area contributed by atoms with Gasteiger partial charge in [-0.1, -0.05) is 35.3 Å². The summed E-state index contributed by atoms with van der Waals surface area (Å²) in [5.74, 6) is -0.875. The Bertz CT molecular complexity index is 918. The number of nitro groups is 1. The second kappa shape index (κ2) is 7.14. The maximum absolute atomic E-state index is 12.1. The molecule has 0 atom stereocenters. The molecule has 0 aromatic heterocycles. The molecule has 0 aliphatic carbocycles. The fraction of sp³-hybridized carbons (Fsp3) is 0. The van der Waals surface area contributed by atoms with Gasteiger partial charge in [0.2, 0.25) is 0 Å². The Morgan fingerprint density at radius 1 is 1.12 bits per heavy atom. The van der Waals surface area contributed by atoms with Gasteiger partial charge in [-0.2, -0.15) is 0 Å². The minimum Gasteiger partial charge on any atom is -0.273 e. The molecule has 0 heterocycles. The van der Waals surface area contributed by atoms with Crippen molar-refractivity contribution in [1.82, 2.24) is 10.3 Å². The van der Waals surface area contributed by atoms with Crippen molar-refractivity contribution >= 4 is 44.8 Å². The highest BCUT2D eigenvalue weighted by molar-refractivity contribution is 7.89. The third-order valence-electron chi connectivity index (χ3n) is 2.82. The Kier molecular flexibility index (Phi) is 5.40. The molecule has 2 aromatic carbocycles. The number of sulfonamides is 1. The summed E-state index contributed by atoms with van der Waals surface area (Å²) in [7, 11) is -4.18. The Balaban J connectivity index is 2.18. The van der Waals surface area contributed by atoms with Gasteiger partial charge in [0.1, 0.15) is 4.90 Å². The van der Waals surface area contributed by atoms with E-state index in [0.29, 0.717) is 0 Å². The van der Waals surface area contributed by atoms with Gasteiger partial charge in [0, 0.05) is 17.7 Å². The molecular weight excluding hydrogens is 381 g/mol. The number of benzene rings is 2. The second-order valence-corrected chi connectivity index (χ2v) is 6.86. The van der Waals surface area contributed by atoms with Crippen molar-refractivity contribution < 1.29 is 18.1 Å². The van der Waals surface area contributed by atoms with Crippen molar-refractivity contribution in [3.8, 4) is 0 Å². The standard InChI is InChI=1S/C13H9Cl2N3O5S/c14-10-5-2-6-11(12(10)15)24(22,23)17-16-13(19)8-3-1-4-9(7-8)18(20)21/h1-7,17H,(H,16,19). The summed E-state index contributed by atoms with van der Waals surface area (Å²) < 4.78 is 24.3. The predicted molar refractivity (Wildman–Crippen MR) is 87.3 cm³/mol. The van der Waals surface area contributed by atoms with E-state index in [-0.39, 0.29) is 26.2 Å². The van der Waals surface area contributed by atoms with Crippen LogP contribution in [-0.4, -0.2) is 19.2 Å². The first-order chi connectivity index (χ1) is 11.2. The van der Waals surface area contributed by atoms with Gasteiger partial charge in [0.25, 0.3) is 21.6 Å². The van der Waals surface area contributed by atoms with Gasteiger partial charge in [-0.05, 0) is 18.2 Å². The number of nitro benzene ring substituents is 1. The van der Waals surface area contributed by atoms with Crippen molar-refractivity contribution in [3.05, 3.63) is 68.2 Å². The Labute approximate surface area is 146 Å². The summed E-state index contributed by atoms with van der Waals surface area (Å²) in [6.45, 7) is 0. The number of hydrogen-bond acceptors (Lipinski definition) is 5. The van der Waals surface area contributed by atoms with Gasteiger partial charge >= 0.3 is 0 Å². The van der Waals surface area contributed by atoms with Gasteiger partial charge in [-0.25, -0.2) is 8.42 Å². The zero-order valence-corrected chi connectivity index (χ0v) is 14.0. The maximum Gasteiger partial charge on any atom is 0.270 e. The van der Waals surface area contributed by atoms with Crippen LogP contribution in [0.1, 0.15) is 10.4 Å². The monoisotopic (exact) mass is 389 g/mol. The van der Waals surface area contributed by atoms with Crippen LogP contribution < -0.4 is 10.3 Å². The number of nitrogens with zero attached hydrogens (tertiary/aromatic N) is 1. The molecule has 0 aliphatic rings. The highest BCUT2D eigenvalue weighted by atomic mass is 35.5. The minimum absolute atomic E-state index is 0.0320. The van der Waals surface area contributed by atoms with Crippen LogP contribution in [0.5, 0.6) is 0 Å². The van der Waals surface area contributed by atoms with Crippen LogP contribution in [0.4, 0.5) is 5.69 Å². The molecule has 11 heteroatoms. The largest absolute Gasteiger partial charge is 0.273 e. The van der Waals surface area contributed by atoms with Gasteiger partial charge in [0.05, 0.1) is 15.0 Å². The first kappa shape index (κ1) is 18.1. The average molecular weight is 390 g/mol. The highest BCUT2D eigenvalue weighted by Crippen LogP contribution is 2.28. The SMILES string of the molecule is O=C(NNS(=O)(=O)c1cccc(Cl)c1Cl)c1cccc([N+](=O)[O-])c1. The molecular formula is C13H9Cl2N3O5S. The molecule has 2 rings (SSSR count). The molecule has 2 N–H and O–H groups in total. The molecule has 2 aromatic rings. The number of carbonyl (C=O) groups is 1. The van der Waals surface area contributed by atoms with Crippen molar-refractivity contribution in [1.29, 1.82) is 0 Å². The number of carbonyl (C=O) groups excluding carboxylic acids is 1. The second-order valence-electron chi connectivity index (χ2n) is 4.42. The zero-order chi connectivity index (χ0) is 17.9. The van der Waals surface area contributed by atoms with Gasteiger partial charge in [0.15, 0.2) is 0 Å². The van der Waals surface area contributed by atoms with Gasteiger partial charge in [-0.3, -0.25) is 20.3 Å². The molecule has 0 saturated heterocycles. The average Bonchev–Trinajstić information content (AvgIpc) is 2.55. The van der Waals surface area contributed by atoms with E-state index in [1.807, 2.05) is 10.3 Å². The molecule has 126 valence electrons. The van der Waals surface area contributed by atoms with E-state index in [2.05, 4.69) is 0 Å². The summed E-state index contributed by atoms with van der Waals surface area (Å²) in [6, 6.07) is 8.80. The highest BCUT2D eigenvalue weighted by Gasteiger charge is 2.21. The van der Waals surface area contributed by atoms with Crippen molar-refractivity contribution in [3.63, 3.8) is 0 Å². The minimum atomic E-state index is -4.18. The quantitative estimate of drug-likeness (QED) is 0.601. The zero-order valence-electron chi connectivity index (χ0n) is 11.7. The summed E-state index contributed by atoms with van der Waals surface area (Å²) in [5, 5.41) is 10.5. The van der Waals surface area contributed by atoms with E-state index in [9.17, 15) is 23.3 Å². The van der Waals surface area contributed by atoms with E-state index >= 15 is 0 Å². The van der Waals surface area contributed by atoms with Crippen molar-refractivity contribution in [2.24, 2.45) is 0 Å². The van der Waals surface area contributed by atoms with Crippen LogP contribution in [0, 0.1) is 10.1 Å². The number of hydrogen-bond donors (Lipinski definition) is 2. The summed E-state index contributed by atoms with van der Waals surface area (Å²) >= 11 is 11.6. The van der Waals surface area contributed by atoms with E-state index in [0.717, 1.165) is 6.07 Å². The molecule has 8 nitrogen and oxygen atoms in total.